The molecule has 0 aromatic carbocycles. The van der Waals surface area contributed by atoms with Crippen LogP contribution in [-0.4, -0.2) is 128 Å². The van der Waals surface area contributed by atoms with Crippen LogP contribution in [0, 0.1) is 11.8 Å². The summed E-state index contributed by atoms with van der Waals surface area (Å²) in [6.45, 7) is 2.87. The molecule has 0 aromatic rings. The average molecular weight is 593 g/mol. The quantitative estimate of drug-likeness (QED) is 0.174. The van der Waals surface area contributed by atoms with Crippen LogP contribution in [0.2, 0.25) is 0 Å². The second kappa shape index (κ2) is 14.7. The summed E-state index contributed by atoms with van der Waals surface area (Å²) in [5.41, 5.74) is 0. The van der Waals surface area contributed by atoms with Crippen molar-refractivity contribution in [2.24, 2.45) is 11.8 Å². The zero-order chi connectivity index (χ0) is 29.8. The van der Waals surface area contributed by atoms with E-state index in [1.807, 2.05) is 6.92 Å². The molecule has 4 rings (SSSR count). The molecule has 0 unspecified atom stereocenters. The highest BCUT2D eigenvalue weighted by molar-refractivity contribution is 5.72. The van der Waals surface area contributed by atoms with Crippen molar-refractivity contribution < 1.29 is 64.2 Å². The van der Waals surface area contributed by atoms with Crippen molar-refractivity contribution in [3.8, 4) is 0 Å². The molecule has 0 radical (unpaired) electrons. The van der Waals surface area contributed by atoms with Crippen LogP contribution >= 0.6 is 0 Å². The maximum absolute atomic E-state index is 12.1. The van der Waals surface area contributed by atoms with Crippen LogP contribution in [0.15, 0.2) is 0 Å². The van der Waals surface area contributed by atoms with E-state index in [2.05, 4.69) is 0 Å². The molecule has 4 fully saturated rings. The molecule has 14 atom stereocenters. The van der Waals surface area contributed by atoms with E-state index in [4.69, 9.17) is 23.7 Å². The minimum Gasteiger partial charge on any atom is -0.479 e. The van der Waals surface area contributed by atoms with Gasteiger partial charge in [-0.1, -0.05) is 45.4 Å². The first-order valence-electron chi connectivity index (χ1n) is 15.0. The Labute approximate surface area is 240 Å². The maximum atomic E-state index is 12.1. The van der Waals surface area contributed by atoms with Crippen molar-refractivity contribution in [2.75, 3.05) is 6.61 Å². The molecule has 41 heavy (non-hydrogen) atoms. The normalized spacial score (nSPS) is 45.3. The van der Waals surface area contributed by atoms with Crippen molar-refractivity contribution in [1.82, 2.24) is 0 Å². The molecule has 2 saturated carbocycles. The second-order valence-electron chi connectivity index (χ2n) is 12.2. The Bertz CT molecular complexity index is 825. The summed E-state index contributed by atoms with van der Waals surface area (Å²) in [5.74, 6) is -1.11. The van der Waals surface area contributed by atoms with Crippen LogP contribution in [0.25, 0.3) is 0 Å². The first-order chi connectivity index (χ1) is 19.5. The number of hydrogen-bond acceptors (Lipinski definition) is 12. The van der Waals surface area contributed by atoms with Gasteiger partial charge in [-0.3, -0.25) is 0 Å². The second-order valence-corrected chi connectivity index (χ2v) is 12.2. The molecule has 0 bridgehead atoms. The van der Waals surface area contributed by atoms with Gasteiger partial charge in [0.1, 0.15) is 42.7 Å². The molecule has 4 aliphatic rings. The lowest BCUT2D eigenvalue weighted by atomic mass is 9.85. The average Bonchev–Trinajstić information content (AvgIpc) is 2.95. The number of carboxylic acid groups (broad SMARTS) is 1. The molecule has 0 amide bonds. The molecular formula is C28H48O13. The van der Waals surface area contributed by atoms with Crippen LogP contribution in [0.1, 0.15) is 71.6 Å². The fraction of sp³-hybridized carbons (Fsp3) is 0.964. The van der Waals surface area contributed by atoms with Crippen molar-refractivity contribution in [1.29, 1.82) is 0 Å². The Hall–Kier alpha value is -0.970. The highest BCUT2D eigenvalue weighted by Crippen LogP contribution is 2.36. The number of rotatable bonds is 10. The van der Waals surface area contributed by atoms with E-state index >= 15 is 0 Å². The zero-order valence-electron chi connectivity index (χ0n) is 23.8. The van der Waals surface area contributed by atoms with Gasteiger partial charge in [0.25, 0.3) is 0 Å². The molecule has 13 nitrogen and oxygen atoms in total. The Balaban J connectivity index is 1.46. The molecule has 2 heterocycles. The summed E-state index contributed by atoms with van der Waals surface area (Å²) in [6.07, 6.45) is -8.71. The van der Waals surface area contributed by atoms with Crippen molar-refractivity contribution in [2.45, 2.75) is 151 Å². The summed E-state index contributed by atoms with van der Waals surface area (Å²) in [7, 11) is 0. The number of carbonyl (C=O) groups is 1. The van der Waals surface area contributed by atoms with Crippen molar-refractivity contribution in [3.63, 3.8) is 0 Å². The van der Waals surface area contributed by atoms with Gasteiger partial charge < -0.3 is 59.4 Å². The fourth-order valence-corrected chi connectivity index (χ4v) is 6.61. The molecule has 2 saturated heterocycles. The summed E-state index contributed by atoms with van der Waals surface area (Å²) in [5, 5.41) is 72.6. The first-order valence-corrected chi connectivity index (χ1v) is 15.0. The first kappa shape index (κ1) is 32.9. The van der Waals surface area contributed by atoms with E-state index in [0.717, 1.165) is 44.9 Å². The van der Waals surface area contributed by atoms with Gasteiger partial charge in [-0.05, 0) is 38.0 Å². The lowest BCUT2D eigenvalue weighted by molar-refractivity contribution is -0.348. The van der Waals surface area contributed by atoms with E-state index in [-0.39, 0.29) is 18.3 Å². The monoisotopic (exact) mass is 592 g/mol. The van der Waals surface area contributed by atoms with Gasteiger partial charge in [-0.2, -0.15) is 0 Å². The number of aliphatic carboxylic acids is 1. The van der Waals surface area contributed by atoms with E-state index in [9.17, 15) is 40.5 Å². The predicted octanol–water partition coefficient (Wildman–Crippen LogP) is -0.348. The molecule has 7 N–H and O–H groups in total. The van der Waals surface area contributed by atoms with Gasteiger partial charge >= 0.3 is 5.97 Å². The van der Waals surface area contributed by atoms with Crippen molar-refractivity contribution >= 4 is 5.97 Å². The van der Waals surface area contributed by atoms with Gasteiger partial charge in [0.05, 0.1) is 24.9 Å². The van der Waals surface area contributed by atoms with Gasteiger partial charge in [-0.15, -0.1) is 0 Å². The van der Waals surface area contributed by atoms with Crippen LogP contribution in [0.5, 0.6) is 0 Å². The van der Waals surface area contributed by atoms with E-state index in [0.29, 0.717) is 6.42 Å². The molecule has 2 aliphatic carbocycles. The van der Waals surface area contributed by atoms with Crippen LogP contribution < -0.4 is 0 Å². The van der Waals surface area contributed by atoms with Crippen LogP contribution in [0.4, 0.5) is 0 Å². The fourth-order valence-electron chi connectivity index (χ4n) is 6.61. The Kier molecular flexibility index (Phi) is 11.8. The minimum absolute atomic E-state index is 0.0808. The Morgan fingerprint density at radius 1 is 0.780 bits per heavy atom. The summed E-state index contributed by atoms with van der Waals surface area (Å²) in [4.78, 5) is 12.1. The Morgan fingerprint density at radius 3 is 2.12 bits per heavy atom. The smallest absolute Gasteiger partial charge is 0.332 e. The zero-order valence-corrected chi connectivity index (χ0v) is 23.8. The Morgan fingerprint density at radius 2 is 1.46 bits per heavy atom. The standard InChI is InChI=1S/C28H48O13/c1-13-7-6-10-16(24(13)41-27-22(33)21(32)19(30)14(2)37-27)39-28-23(34)25(20(31)18(12-29)40-28)38-17(26(35)36)11-15-8-4-3-5-9-15/h13-25,27-34H,3-12H2,1-2H3,(H,35,36)/t13-,14-,16+,17-,18+,19+,20-,21+,22-,23+,24+,25-,27-,28+/m0/s1. The van der Waals surface area contributed by atoms with E-state index in [1.165, 1.54) is 0 Å². The number of hydrogen-bond donors (Lipinski definition) is 7. The maximum Gasteiger partial charge on any atom is 0.332 e. The molecule has 2 aliphatic heterocycles. The lowest BCUT2D eigenvalue weighted by Crippen LogP contribution is -2.63. The SMILES string of the molecule is C[C@@H]1O[C@@H](O[C@@H]2[C@@H](C)CCC[C@H]2O[C@@H]2O[C@H](CO)[C@H](O)[C@H](O[C@@H](CC3CCCCC3)C(=O)O)[C@H]2O)[C@@H](O)[C@H](O)[C@@H]1O. The lowest BCUT2D eigenvalue weighted by Gasteiger charge is -2.47. The number of ether oxygens (including phenoxy) is 5. The van der Waals surface area contributed by atoms with Crippen LogP contribution in [0.3, 0.4) is 0 Å². The highest BCUT2D eigenvalue weighted by atomic mass is 16.7. The van der Waals surface area contributed by atoms with E-state index < -0.39 is 92.3 Å². The number of aliphatic hydroxyl groups excluding tert-OH is 6. The minimum atomic E-state index is -1.58. The van der Waals surface area contributed by atoms with Crippen molar-refractivity contribution in [3.05, 3.63) is 0 Å². The van der Waals surface area contributed by atoms with Gasteiger partial charge in [-0.25, -0.2) is 4.79 Å². The number of aliphatic hydroxyl groups is 6. The molecular weight excluding hydrogens is 544 g/mol. The predicted molar refractivity (Wildman–Crippen MR) is 140 cm³/mol. The summed E-state index contributed by atoms with van der Waals surface area (Å²) < 4.78 is 29.5. The highest BCUT2D eigenvalue weighted by Gasteiger charge is 2.50. The summed E-state index contributed by atoms with van der Waals surface area (Å²) in [6, 6.07) is 0. The van der Waals surface area contributed by atoms with Gasteiger partial charge in [0, 0.05) is 0 Å². The van der Waals surface area contributed by atoms with Gasteiger partial charge in [0.15, 0.2) is 18.7 Å². The van der Waals surface area contributed by atoms with Crippen LogP contribution in [-0.2, 0) is 28.5 Å². The summed E-state index contributed by atoms with van der Waals surface area (Å²) >= 11 is 0. The molecule has 0 aromatic heterocycles. The van der Waals surface area contributed by atoms with Gasteiger partial charge in [0.2, 0.25) is 0 Å². The third kappa shape index (κ3) is 7.76. The molecule has 13 heteroatoms. The third-order valence-electron chi connectivity index (χ3n) is 9.17. The molecule has 238 valence electrons. The van der Waals surface area contributed by atoms with E-state index in [1.54, 1.807) is 6.92 Å². The number of carboxylic acids is 1. The third-order valence-corrected chi connectivity index (χ3v) is 9.17. The largest absolute Gasteiger partial charge is 0.479 e. The molecule has 0 spiro atoms. The topological polar surface area (TPSA) is 205 Å².